The molecule has 5 N–H and O–H groups in total. The molecule has 2 aliphatic rings. The van der Waals surface area contributed by atoms with Gasteiger partial charge in [-0.2, -0.15) is 13.2 Å². The molecule has 1 aromatic carbocycles. The molecule has 3 heterocycles. The number of hydrogen-bond acceptors (Lipinski definition) is 8. The molecule has 1 aromatic heterocycles. The highest BCUT2D eigenvalue weighted by molar-refractivity contribution is 7.89. The number of alkyl halides is 3. The summed E-state index contributed by atoms with van der Waals surface area (Å²) in [5.74, 6) is -0.156. The number of primary sulfonamides is 1. The van der Waals surface area contributed by atoms with Gasteiger partial charge in [0, 0.05) is 30.3 Å². The maximum Gasteiger partial charge on any atom is 0.419 e. The number of nitrogens with two attached hydrogens (primary N) is 1. The number of sulfonamides is 1. The first kappa shape index (κ1) is 25.0. The number of benzene rings is 1. The molecule has 0 amide bonds. The number of nitrogens with one attached hydrogen (secondary N) is 3. The Morgan fingerprint density at radius 2 is 1.91 bits per heavy atom. The molecule has 9 nitrogen and oxygen atoms in total. The van der Waals surface area contributed by atoms with Crippen LogP contribution in [0.5, 0.6) is 0 Å². The number of rotatable bonds is 5. The summed E-state index contributed by atoms with van der Waals surface area (Å²) in [5, 5.41) is 15.3. The summed E-state index contributed by atoms with van der Waals surface area (Å²) >= 11 is 0. The summed E-state index contributed by atoms with van der Waals surface area (Å²) < 4.78 is 63.8. The van der Waals surface area contributed by atoms with Gasteiger partial charge in [-0.3, -0.25) is 10.2 Å². The summed E-state index contributed by atoms with van der Waals surface area (Å²) in [6, 6.07) is 8.32. The Morgan fingerprint density at radius 1 is 1.20 bits per heavy atom. The van der Waals surface area contributed by atoms with Crippen molar-refractivity contribution in [2.24, 2.45) is 5.14 Å². The van der Waals surface area contributed by atoms with E-state index in [2.05, 4.69) is 20.9 Å². The van der Waals surface area contributed by atoms with Crippen LogP contribution in [0.2, 0.25) is 0 Å². The van der Waals surface area contributed by atoms with E-state index >= 15 is 0 Å². The van der Waals surface area contributed by atoms with E-state index in [1.54, 1.807) is 24.4 Å². The van der Waals surface area contributed by atoms with Gasteiger partial charge in [-0.05, 0) is 68.6 Å². The van der Waals surface area contributed by atoms with E-state index in [9.17, 15) is 21.6 Å². The number of allylic oxidation sites excluding steroid dienone is 1. The fourth-order valence-corrected chi connectivity index (χ4v) is 4.46. The predicted octanol–water partition coefficient (Wildman–Crippen LogP) is 2.20. The standard InChI is InChI=1S/C22H26F3N7O2S/c1-31(2)21-29-18-10-13-32(20-17(22(23,24)25)4-3-11-27-20)12-9-16(18)19(30-21)28-14-5-7-15(8-6-14)35(26,33)34/h3-8,10-11,13,19,21,28-30H,9,12H2,1-2H3,(H2,26,33,34). The Bertz CT molecular complexity index is 1240. The van der Waals surface area contributed by atoms with Crippen LogP contribution >= 0.6 is 0 Å². The van der Waals surface area contributed by atoms with E-state index in [1.165, 1.54) is 29.3 Å². The Morgan fingerprint density at radius 3 is 2.54 bits per heavy atom. The van der Waals surface area contributed by atoms with E-state index in [1.807, 2.05) is 19.0 Å². The van der Waals surface area contributed by atoms with E-state index in [4.69, 9.17) is 5.14 Å². The van der Waals surface area contributed by atoms with Crippen molar-refractivity contribution in [1.29, 1.82) is 0 Å². The lowest BCUT2D eigenvalue weighted by Gasteiger charge is -2.39. The van der Waals surface area contributed by atoms with Gasteiger partial charge in [0.15, 0.2) is 0 Å². The Labute approximate surface area is 201 Å². The first-order valence-corrected chi connectivity index (χ1v) is 12.3. The molecular formula is C22H26F3N7O2S. The fraction of sp³-hybridized carbons (Fsp3) is 0.318. The number of aromatic nitrogens is 1. The highest BCUT2D eigenvalue weighted by atomic mass is 32.2. The van der Waals surface area contributed by atoms with Gasteiger partial charge in [0.1, 0.15) is 18.3 Å². The lowest BCUT2D eigenvalue weighted by molar-refractivity contribution is -0.137. The molecule has 2 unspecified atom stereocenters. The average Bonchev–Trinajstić information content (AvgIpc) is 3.01. The van der Waals surface area contributed by atoms with Crippen LogP contribution in [0.15, 0.2) is 71.0 Å². The summed E-state index contributed by atoms with van der Waals surface area (Å²) in [6.45, 7) is 0.272. The summed E-state index contributed by atoms with van der Waals surface area (Å²) in [6.07, 6.45) is -0.0610. The van der Waals surface area contributed by atoms with Crippen molar-refractivity contribution in [1.82, 2.24) is 20.5 Å². The largest absolute Gasteiger partial charge is 0.419 e. The summed E-state index contributed by atoms with van der Waals surface area (Å²) in [7, 11) is -0.0544. The zero-order chi connectivity index (χ0) is 25.4. The highest BCUT2D eigenvalue weighted by Gasteiger charge is 2.36. The van der Waals surface area contributed by atoms with Gasteiger partial charge in [0.2, 0.25) is 10.0 Å². The lowest BCUT2D eigenvalue weighted by Crippen LogP contribution is -2.61. The third kappa shape index (κ3) is 5.59. The van der Waals surface area contributed by atoms with Crippen molar-refractivity contribution in [2.75, 3.05) is 30.9 Å². The van der Waals surface area contributed by atoms with Crippen LogP contribution in [0.4, 0.5) is 24.7 Å². The van der Waals surface area contributed by atoms with E-state index in [0.29, 0.717) is 12.1 Å². The van der Waals surface area contributed by atoms with Gasteiger partial charge < -0.3 is 15.5 Å². The average molecular weight is 510 g/mol. The van der Waals surface area contributed by atoms with Crippen molar-refractivity contribution >= 4 is 21.5 Å². The predicted molar refractivity (Wildman–Crippen MR) is 126 cm³/mol. The molecule has 0 bridgehead atoms. The van der Waals surface area contributed by atoms with Gasteiger partial charge in [-0.1, -0.05) is 0 Å². The minimum Gasteiger partial charge on any atom is -0.366 e. The molecule has 35 heavy (non-hydrogen) atoms. The second-order valence-corrected chi connectivity index (χ2v) is 9.96. The van der Waals surface area contributed by atoms with E-state index in [-0.39, 0.29) is 29.7 Å². The van der Waals surface area contributed by atoms with Gasteiger partial charge in [-0.15, -0.1) is 0 Å². The second-order valence-electron chi connectivity index (χ2n) is 8.39. The molecule has 0 spiro atoms. The molecule has 4 rings (SSSR count). The number of pyridine rings is 1. The monoisotopic (exact) mass is 509 g/mol. The lowest BCUT2D eigenvalue weighted by atomic mass is 10.0. The number of hydrogen-bond donors (Lipinski definition) is 4. The van der Waals surface area contributed by atoms with Gasteiger partial charge in [0.25, 0.3) is 0 Å². The number of nitrogens with zero attached hydrogens (tertiary/aromatic N) is 3. The smallest absolute Gasteiger partial charge is 0.366 e. The van der Waals surface area contributed by atoms with Crippen LogP contribution in [-0.4, -0.2) is 51.4 Å². The molecule has 188 valence electrons. The van der Waals surface area contributed by atoms with Crippen LogP contribution in [0.1, 0.15) is 12.0 Å². The minimum absolute atomic E-state index is 0.00346. The van der Waals surface area contributed by atoms with Crippen LogP contribution in [0.25, 0.3) is 0 Å². The fourth-order valence-electron chi connectivity index (χ4n) is 3.95. The van der Waals surface area contributed by atoms with Crippen molar-refractivity contribution in [3.63, 3.8) is 0 Å². The first-order chi connectivity index (χ1) is 16.4. The molecule has 2 aromatic rings. The zero-order valence-electron chi connectivity index (χ0n) is 19.0. The maximum absolute atomic E-state index is 13.6. The zero-order valence-corrected chi connectivity index (χ0v) is 19.9. The summed E-state index contributed by atoms with van der Waals surface area (Å²) in [4.78, 5) is 7.41. The van der Waals surface area contributed by atoms with Gasteiger partial charge in [0.05, 0.1) is 10.5 Å². The molecule has 0 fully saturated rings. The Hall–Kier alpha value is -3.13. The minimum atomic E-state index is -4.53. The second kappa shape index (κ2) is 9.49. The van der Waals surface area contributed by atoms with Crippen LogP contribution in [-0.2, 0) is 16.2 Å². The van der Waals surface area contributed by atoms with Crippen molar-refractivity contribution in [3.8, 4) is 0 Å². The van der Waals surface area contributed by atoms with Crippen LogP contribution in [0.3, 0.4) is 0 Å². The van der Waals surface area contributed by atoms with Crippen molar-refractivity contribution < 1.29 is 21.6 Å². The molecule has 2 aliphatic heterocycles. The molecule has 2 atom stereocenters. The normalized spacial score (nSPS) is 20.9. The van der Waals surface area contributed by atoms with E-state index in [0.717, 1.165) is 17.3 Å². The molecule has 0 saturated heterocycles. The van der Waals surface area contributed by atoms with E-state index < -0.39 is 21.8 Å². The topological polar surface area (TPSA) is 116 Å². The quantitative estimate of drug-likeness (QED) is 0.485. The number of halogens is 3. The third-order valence-corrected chi connectivity index (χ3v) is 6.66. The highest BCUT2D eigenvalue weighted by Crippen LogP contribution is 2.36. The Kier molecular flexibility index (Phi) is 6.77. The van der Waals surface area contributed by atoms with Crippen LogP contribution in [0, 0.1) is 0 Å². The van der Waals surface area contributed by atoms with Crippen molar-refractivity contribution in [2.45, 2.75) is 29.9 Å². The maximum atomic E-state index is 13.6. The molecule has 0 radical (unpaired) electrons. The van der Waals surface area contributed by atoms with Gasteiger partial charge >= 0.3 is 6.18 Å². The first-order valence-electron chi connectivity index (χ1n) is 10.7. The summed E-state index contributed by atoms with van der Waals surface area (Å²) in [5.41, 5.74) is 1.52. The number of anilines is 2. The third-order valence-electron chi connectivity index (χ3n) is 5.73. The van der Waals surface area contributed by atoms with Crippen molar-refractivity contribution in [3.05, 3.63) is 71.7 Å². The molecule has 0 aliphatic carbocycles. The van der Waals surface area contributed by atoms with Gasteiger partial charge in [-0.25, -0.2) is 18.5 Å². The molecule has 13 heteroatoms. The molecular weight excluding hydrogens is 483 g/mol. The van der Waals surface area contributed by atoms with Crippen LogP contribution < -0.4 is 26.0 Å². The Balaban J connectivity index is 1.61. The molecule has 0 saturated carbocycles. The SMILES string of the molecule is CN(C)C1NC2=C(CCN(c3ncccc3C(F)(F)F)C=C2)C(Nc2ccc(S(N)(=O)=O)cc2)N1.